The van der Waals surface area contributed by atoms with Gasteiger partial charge in [0.2, 0.25) is 0 Å². The zero-order valence-electron chi connectivity index (χ0n) is 23.1. The van der Waals surface area contributed by atoms with Crippen LogP contribution in [0.25, 0.3) is 0 Å². The van der Waals surface area contributed by atoms with Crippen molar-refractivity contribution in [2.75, 3.05) is 6.61 Å². The topological polar surface area (TPSA) is 35.5 Å². The third kappa shape index (κ3) is 6.93. The SMILES string of the molecule is CCOC(=O)/C=C1\CCC[C@]2(C)[C@@H]([C@H](C)CC(F)(F)CC(C)(C)O[Si](CC)(CC)CC)CC[C@@H]12. The molecule has 0 radical (unpaired) electrons. The van der Waals surface area contributed by atoms with Crippen molar-refractivity contribution in [3.05, 3.63) is 11.6 Å². The van der Waals surface area contributed by atoms with Crippen molar-refractivity contribution >= 4 is 14.3 Å². The summed E-state index contributed by atoms with van der Waals surface area (Å²) in [6.07, 6.45) is 6.28. The van der Waals surface area contributed by atoms with Crippen LogP contribution in [0.5, 0.6) is 0 Å². The minimum atomic E-state index is -2.76. The van der Waals surface area contributed by atoms with E-state index in [1.807, 2.05) is 27.7 Å². The molecule has 2 saturated carbocycles. The maximum absolute atomic E-state index is 15.5. The number of halogens is 2. The summed E-state index contributed by atoms with van der Waals surface area (Å²) in [5.74, 6) is -2.55. The van der Waals surface area contributed by atoms with E-state index in [1.54, 1.807) is 6.08 Å². The van der Waals surface area contributed by atoms with Gasteiger partial charge in [-0.15, -0.1) is 0 Å². The number of hydrogen-bond acceptors (Lipinski definition) is 3. The third-order valence-corrected chi connectivity index (χ3v) is 13.9. The van der Waals surface area contributed by atoms with Crippen LogP contribution in [0.2, 0.25) is 18.1 Å². The quantitative estimate of drug-likeness (QED) is 0.153. The van der Waals surface area contributed by atoms with Crippen molar-refractivity contribution in [3.63, 3.8) is 0 Å². The highest BCUT2D eigenvalue weighted by atomic mass is 28.4. The second-order valence-electron chi connectivity index (χ2n) is 11.9. The highest BCUT2D eigenvalue weighted by Crippen LogP contribution is 2.60. The predicted octanol–water partition coefficient (Wildman–Crippen LogP) is 8.54. The summed E-state index contributed by atoms with van der Waals surface area (Å²) in [5.41, 5.74) is 0.329. The lowest BCUT2D eigenvalue weighted by Crippen LogP contribution is -2.47. The van der Waals surface area contributed by atoms with Gasteiger partial charge in [0.25, 0.3) is 5.92 Å². The summed E-state index contributed by atoms with van der Waals surface area (Å²) < 4.78 is 42.6. The molecule has 0 aromatic rings. The molecule has 198 valence electrons. The van der Waals surface area contributed by atoms with Crippen LogP contribution >= 0.6 is 0 Å². The van der Waals surface area contributed by atoms with E-state index in [9.17, 15) is 4.79 Å². The lowest BCUT2D eigenvalue weighted by atomic mass is 9.60. The number of hydrogen-bond donors (Lipinski definition) is 0. The van der Waals surface area contributed by atoms with Crippen molar-refractivity contribution in [2.24, 2.45) is 23.2 Å². The Labute approximate surface area is 208 Å². The molecule has 0 spiro atoms. The largest absolute Gasteiger partial charge is 0.463 e. The number of ether oxygens (including phenoxy) is 1. The first kappa shape index (κ1) is 29.5. The van der Waals surface area contributed by atoms with Crippen LogP contribution in [-0.4, -0.2) is 32.4 Å². The third-order valence-electron chi connectivity index (χ3n) is 9.05. The van der Waals surface area contributed by atoms with Crippen LogP contribution < -0.4 is 0 Å². The zero-order valence-corrected chi connectivity index (χ0v) is 24.1. The molecule has 0 aromatic carbocycles. The molecule has 6 heteroatoms. The predicted molar refractivity (Wildman–Crippen MR) is 139 cm³/mol. The van der Waals surface area contributed by atoms with E-state index < -0.39 is 19.8 Å². The van der Waals surface area contributed by atoms with Gasteiger partial charge in [-0.25, -0.2) is 13.6 Å². The van der Waals surface area contributed by atoms with Crippen LogP contribution in [0, 0.1) is 23.2 Å². The van der Waals surface area contributed by atoms with Gasteiger partial charge in [0, 0.05) is 18.9 Å². The molecule has 2 aliphatic carbocycles. The van der Waals surface area contributed by atoms with Crippen molar-refractivity contribution in [2.45, 2.75) is 130 Å². The Kier molecular flexibility index (Phi) is 10.00. The molecular weight excluding hydrogens is 450 g/mol. The molecule has 0 heterocycles. The van der Waals surface area contributed by atoms with Crippen LogP contribution in [0.15, 0.2) is 11.6 Å². The van der Waals surface area contributed by atoms with Crippen LogP contribution in [0.1, 0.15) is 100 Å². The molecule has 0 N–H and O–H groups in total. The first-order valence-electron chi connectivity index (χ1n) is 13.7. The van der Waals surface area contributed by atoms with Crippen LogP contribution in [0.3, 0.4) is 0 Å². The van der Waals surface area contributed by atoms with Gasteiger partial charge in [0.05, 0.1) is 12.2 Å². The minimum absolute atomic E-state index is 0.0210. The fourth-order valence-corrected chi connectivity index (χ4v) is 10.6. The Bertz CT molecular complexity index is 708. The molecule has 3 nitrogen and oxygen atoms in total. The molecular formula is C28H50F2O3Si. The Hall–Kier alpha value is -0.753. The Morgan fingerprint density at radius 1 is 1.18 bits per heavy atom. The van der Waals surface area contributed by atoms with E-state index in [2.05, 4.69) is 27.7 Å². The summed E-state index contributed by atoms with van der Waals surface area (Å²) in [4.78, 5) is 12.1. The summed E-state index contributed by atoms with van der Waals surface area (Å²) >= 11 is 0. The van der Waals surface area contributed by atoms with Gasteiger partial charge in [0.15, 0.2) is 8.32 Å². The molecule has 4 atom stereocenters. The summed E-state index contributed by atoms with van der Waals surface area (Å²) in [5, 5.41) is 0. The number of alkyl halides is 2. The first-order chi connectivity index (χ1) is 15.8. The van der Waals surface area contributed by atoms with Crippen LogP contribution in [0.4, 0.5) is 8.78 Å². The number of rotatable bonds is 12. The van der Waals surface area contributed by atoms with E-state index in [4.69, 9.17) is 9.16 Å². The van der Waals surface area contributed by atoms with Crippen molar-refractivity contribution in [1.82, 2.24) is 0 Å². The number of carbonyl (C=O) groups excluding carboxylic acids is 1. The van der Waals surface area contributed by atoms with E-state index in [0.29, 0.717) is 12.5 Å². The molecule has 0 aromatic heterocycles. The second kappa shape index (κ2) is 11.5. The average molecular weight is 501 g/mol. The molecule has 0 unspecified atom stereocenters. The number of fused-ring (bicyclic) bond motifs is 1. The highest BCUT2D eigenvalue weighted by Gasteiger charge is 2.52. The fraction of sp³-hybridized carbons (Fsp3) is 0.893. The molecule has 0 bridgehead atoms. The second-order valence-corrected chi connectivity index (χ2v) is 16.6. The normalized spacial score (nSPS) is 28.1. The lowest BCUT2D eigenvalue weighted by molar-refractivity contribution is -0.137. The van der Waals surface area contributed by atoms with Gasteiger partial charge < -0.3 is 9.16 Å². The lowest BCUT2D eigenvalue weighted by Gasteiger charge is -2.45. The van der Waals surface area contributed by atoms with Gasteiger partial charge in [-0.05, 0) is 94.2 Å². The molecule has 2 rings (SSSR count). The van der Waals surface area contributed by atoms with Gasteiger partial charge in [-0.1, -0.05) is 40.2 Å². The van der Waals surface area contributed by atoms with E-state index in [1.165, 1.54) is 5.57 Å². The maximum Gasteiger partial charge on any atom is 0.330 e. The van der Waals surface area contributed by atoms with E-state index in [0.717, 1.165) is 50.2 Å². The molecule has 34 heavy (non-hydrogen) atoms. The monoisotopic (exact) mass is 500 g/mol. The van der Waals surface area contributed by atoms with Gasteiger partial charge in [0.1, 0.15) is 0 Å². The standard InChI is InChI=1S/C28H50F2O3Si/c1-9-32-25(31)18-22-14-13-17-27(8)23(15-16-24(22)27)21(5)19-28(29,30)20-26(6,7)33-34(10-2,11-3)12-4/h18,21,23-24H,9-17,19-20H2,1-8H3/b22-18+/t21-,23-,24+,27-/m1/s1. The average Bonchev–Trinajstić information content (AvgIpc) is 3.09. The van der Waals surface area contributed by atoms with Gasteiger partial charge in [-0.2, -0.15) is 0 Å². The van der Waals surface area contributed by atoms with Crippen molar-refractivity contribution < 1.29 is 22.7 Å². The van der Waals surface area contributed by atoms with Crippen LogP contribution in [-0.2, 0) is 14.0 Å². The smallest absolute Gasteiger partial charge is 0.330 e. The zero-order chi connectivity index (χ0) is 25.8. The molecule has 2 aliphatic rings. The fourth-order valence-electron chi connectivity index (χ4n) is 7.42. The van der Waals surface area contributed by atoms with Crippen molar-refractivity contribution in [3.8, 4) is 0 Å². The number of carbonyl (C=O) groups is 1. The Morgan fingerprint density at radius 3 is 2.35 bits per heavy atom. The van der Waals surface area contributed by atoms with Crippen molar-refractivity contribution in [1.29, 1.82) is 0 Å². The molecule has 0 amide bonds. The van der Waals surface area contributed by atoms with E-state index in [-0.39, 0.29) is 36.1 Å². The highest BCUT2D eigenvalue weighted by molar-refractivity contribution is 6.73. The summed E-state index contributed by atoms with van der Waals surface area (Å²) in [7, 11) is -1.96. The molecule has 0 aliphatic heterocycles. The maximum atomic E-state index is 15.5. The Morgan fingerprint density at radius 2 is 1.79 bits per heavy atom. The van der Waals surface area contributed by atoms with Gasteiger partial charge in [-0.3, -0.25) is 0 Å². The summed E-state index contributed by atoms with van der Waals surface area (Å²) in [6, 6.07) is 2.90. The molecule has 0 saturated heterocycles. The minimum Gasteiger partial charge on any atom is -0.463 e. The Balaban J connectivity index is 2.11. The molecule has 2 fully saturated rings. The summed E-state index contributed by atoms with van der Waals surface area (Å²) in [6.45, 7) is 16.6. The number of esters is 1. The van der Waals surface area contributed by atoms with Gasteiger partial charge >= 0.3 is 5.97 Å². The van der Waals surface area contributed by atoms with E-state index >= 15 is 8.78 Å². The first-order valence-corrected chi connectivity index (χ1v) is 16.2. The number of allylic oxidation sites excluding steroid dienone is 1.